The first-order valence-corrected chi connectivity index (χ1v) is 12.8. The van der Waals surface area contributed by atoms with Crippen molar-refractivity contribution in [2.45, 2.75) is 57.8 Å². The summed E-state index contributed by atoms with van der Waals surface area (Å²) >= 11 is 1.85. The molecule has 182 valence electrons. The minimum atomic E-state index is -0.174. The third kappa shape index (κ3) is 5.98. The van der Waals surface area contributed by atoms with E-state index in [1.165, 1.54) is 11.9 Å². The second-order valence-corrected chi connectivity index (χ2v) is 10.7. The Morgan fingerprint density at radius 2 is 2.00 bits per heavy atom. The zero-order chi connectivity index (χ0) is 24.1. The number of benzene rings is 1. The predicted octanol–water partition coefficient (Wildman–Crippen LogP) is 4.33. The molecule has 4 N–H and O–H groups in total. The monoisotopic (exact) mass is 483 g/mol. The molecule has 1 aliphatic heterocycles. The van der Waals surface area contributed by atoms with Crippen molar-refractivity contribution in [3.05, 3.63) is 42.5 Å². The van der Waals surface area contributed by atoms with Gasteiger partial charge in [0, 0.05) is 18.0 Å². The second kappa shape index (κ2) is 10.6. The Hall–Kier alpha value is -2.85. The smallest absolute Gasteiger partial charge is 0.319 e. The van der Waals surface area contributed by atoms with Crippen LogP contribution in [0.4, 0.5) is 16.3 Å². The van der Waals surface area contributed by atoms with E-state index >= 15 is 0 Å². The number of thioether (sulfide) groups is 1. The van der Waals surface area contributed by atoms with Crippen LogP contribution < -0.4 is 16.4 Å². The lowest BCUT2D eigenvalue weighted by Gasteiger charge is -2.19. The first-order valence-electron chi connectivity index (χ1n) is 11.6. The summed E-state index contributed by atoms with van der Waals surface area (Å²) in [5.41, 5.74) is 9.34. The highest BCUT2D eigenvalue weighted by Crippen LogP contribution is 2.32. The fourth-order valence-electron chi connectivity index (χ4n) is 3.91. The molecule has 4 rings (SSSR count). The number of carbonyl (C=O) groups is 1. The number of imidazole rings is 1. The van der Waals surface area contributed by atoms with Gasteiger partial charge in [-0.25, -0.2) is 19.7 Å². The van der Waals surface area contributed by atoms with Gasteiger partial charge in [0.15, 0.2) is 11.5 Å². The number of nitrogens with two attached hydrogens (primary N) is 1. The minimum absolute atomic E-state index is 0.0762. The van der Waals surface area contributed by atoms with Gasteiger partial charge in [0.05, 0.1) is 12.4 Å². The number of nitrogen functional groups attached to an aromatic ring is 1. The van der Waals surface area contributed by atoms with E-state index in [-0.39, 0.29) is 23.8 Å². The van der Waals surface area contributed by atoms with Crippen molar-refractivity contribution in [2.24, 2.45) is 0 Å². The Morgan fingerprint density at radius 3 is 2.76 bits per heavy atom. The maximum atomic E-state index is 12.1. The zero-order valence-electron chi connectivity index (χ0n) is 20.0. The fourth-order valence-corrected chi connectivity index (χ4v) is 4.94. The van der Waals surface area contributed by atoms with Gasteiger partial charge in [0.25, 0.3) is 0 Å². The summed E-state index contributed by atoms with van der Waals surface area (Å²) in [6, 6.07) is 7.83. The minimum Gasteiger partial charge on any atom is -0.382 e. The average Bonchev–Trinajstić information content (AvgIpc) is 3.43. The number of carbonyl (C=O) groups excluding carboxylic acids is 1. The Labute approximate surface area is 204 Å². The van der Waals surface area contributed by atoms with E-state index in [0.29, 0.717) is 23.5 Å². The first-order chi connectivity index (χ1) is 16.3. The van der Waals surface area contributed by atoms with Crippen LogP contribution in [0.5, 0.6) is 0 Å². The highest BCUT2D eigenvalue weighted by Gasteiger charge is 2.28. The summed E-state index contributed by atoms with van der Waals surface area (Å²) in [5.74, 6) is 2.27. The number of ether oxygens (including phenoxy) is 1. The van der Waals surface area contributed by atoms with E-state index < -0.39 is 0 Å². The largest absolute Gasteiger partial charge is 0.382 e. The van der Waals surface area contributed by atoms with Gasteiger partial charge < -0.3 is 21.1 Å². The van der Waals surface area contributed by atoms with Gasteiger partial charge in [-0.2, -0.15) is 11.8 Å². The molecule has 0 saturated carbocycles. The van der Waals surface area contributed by atoms with E-state index in [2.05, 4.69) is 58.5 Å². The number of urea groups is 1. The molecule has 0 spiro atoms. The van der Waals surface area contributed by atoms with Crippen LogP contribution in [0.1, 0.15) is 51.8 Å². The third-order valence-electron chi connectivity index (χ3n) is 5.85. The van der Waals surface area contributed by atoms with E-state index in [4.69, 9.17) is 10.5 Å². The predicted molar refractivity (Wildman–Crippen MR) is 137 cm³/mol. The molecule has 34 heavy (non-hydrogen) atoms. The van der Waals surface area contributed by atoms with Crippen molar-refractivity contribution in [3.63, 3.8) is 0 Å². The van der Waals surface area contributed by atoms with Crippen molar-refractivity contribution in [1.82, 2.24) is 24.8 Å². The SMILES string of the molecule is CC(C)(C)c1ccc(NC(=O)NCCCSC[C@@H]2CCC(n3cnc4c(N)ncnc43)O2)cc1. The highest BCUT2D eigenvalue weighted by atomic mass is 32.2. The topological polar surface area (TPSA) is 120 Å². The third-order valence-corrected chi connectivity index (χ3v) is 7.03. The lowest BCUT2D eigenvalue weighted by Crippen LogP contribution is -2.29. The Balaban J connectivity index is 1.11. The normalized spacial score (nSPS) is 18.3. The highest BCUT2D eigenvalue weighted by molar-refractivity contribution is 7.99. The summed E-state index contributed by atoms with van der Waals surface area (Å²) in [4.78, 5) is 24.7. The molecule has 0 radical (unpaired) electrons. The number of nitrogens with zero attached hydrogens (tertiary/aromatic N) is 4. The Bertz CT molecular complexity index is 1110. The van der Waals surface area contributed by atoms with Crippen LogP contribution >= 0.6 is 11.8 Å². The van der Waals surface area contributed by atoms with Gasteiger partial charge in [-0.3, -0.25) is 4.57 Å². The summed E-state index contributed by atoms with van der Waals surface area (Å²) in [6.45, 7) is 7.15. The van der Waals surface area contributed by atoms with E-state index in [9.17, 15) is 4.79 Å². The van der Waals surface area contributed by atoms with Gasteiger partial charge in [0.1, 0.15) is 18.1 Å². The van der Waals surface area contributed by atoms with Crippen LogP contribution in [-0.4, -0.2) is 49.7 Å². The van der Waals surface area contributed by atoms with E-state index in [1.54, 1.807) is 6.33 Å². The second-order valence-electron chi connectivity index (χ2n) is 9.51. The van der Waals surface area contributed by atoms with E-state index in [1.807, 2.05) is 28.5 Å². The lowest BCUT2D eigenvalue weighted by molar-refractivity contribution is 0.0153. The molecule has 0 aliphatic carbocycles. The summed E-state index contributed by atoms with van der Waals surface area (Å²) in [7, 11) is 0. The molecule has 9 nitrogen and oxygen atoms in total. The van der Waals surface area contributed by atoms with Crippen molar-refractivity contribution >= 4 is 40.5 Å². The van der Waals surface area contributed by atoms with Gasteiger partial charge in [-0.05, 0) is 48.1 Å². The molecule has 1 aliphatic rings. The summed E-state index contributed by atoms with van der Waals surface area (Å²) < 4.78 is 8.16. The number of nitrogens with one attached hydrogen (secondary N) is 2. The number of fused-ring (bicyclic) bond motifs is 1. The van der Waals surface area contributed by atoms with Crippen molar-refractivity contribution in [2.75, 3.05) is 29.1 Å². The summed E-state index contributed by atoms with van der Waals surface area (Å²) in [6.07, 6.45) is 6.11. The Kier molecular flexibility index (Phi) is 7.57. The standard InChI is InChI=1S/C24H33N7O2S/c1-24(2,3)16-5-7-17(8-6-16)30-23(32)26-11-4-12-34-13-18-9-10-19(33-18)31-15-29-20-21(25)27-14-28-22(20)31/h5-8,14-15,18-19H,4,9-13H2,1-3H3,(H2,25,27,28)(H2,26,30,32)/t18-,19?/m0/s1. The molecular weight excluding hydrogens is 450 g/mol. The van der Waals surface area contributed by atoms with Gasteiger partial charge in [-0.15, -0.1) is 0 Å². The maximum Gasteiger partial charge on any atom is 0.319 e. The molecule has 2 aromatic heterocycles. The molecule has 0 bridgehead atoms. The maximum absolute atomic E-state index is 12.1. The lowest BCUT2D eigenvalue weighted by atomic mass is 9.87. The number of aromatic nitrogens is 4. The summed E-state index contributed by atoms with van der Waals surface area (Å²) in [5, 5.41) is 5.81. The first kappa shape index (κ1) is 24.3. The number of anilines is 2. The average molecular weight is 484 g/mol. The van der Waals surface area contributed by atoms with Crippen molar-refractivity contribution in [3.8, 4) is 0 Å². The van der Waals surface area contributed by atoms with Crippen LogP contribution in [-0.2, 0) is 10.2 Å². The van der Waals surface area contributed by atoms with Gasteiger partial charge in [0.2, 0.25) is 0 Å². The molecule has 2 amide bonds. The van der Waals surface area contributed by atoms with Crippen molar-refractivity contribution < 1.29 is 9.53 Å². The quantitative estimate of drug-likeness (QED) is 0.408. The zero-order valence-corrected chi connectivity index (χ0v) is 20.8. The van der Waals surface area contributed by atoms with Gasteiger partial charge >= 0.3 is 6.03 Å². The number of hydrogen-bond acceptors (Lipinski definition) is 7. The van der Waals surface area contributed by atoms with E-state index in [0.717, 1.165) is 36.5 Å². The molecule has 1 unspecified atom stereocenters. The molecule has 1 aromatic carbocycles. The number of rotatable bonds is 8. The molecule has 1 saturated heterocycles. The molecule has 3 aromatic rings. The molecule has 10 heteroatoms. The van der Waals surface area contributed by atoms with Gasteiger partial charge in [-0.1, -0.05) is 32.9 Å². The number of hydrogen-bond donors (Lipinski definition) is 3. The van der Waals surface area contributed by atoms with Crippen LogP contribution in [0.3, 0.4) is 0 Å². The van der Waals surface area contributed by atoms with Crippen LogP contribution in [0.15, 0.2) is 36.9 Å². The Morgan fingerprint density at radius 1 is 1.21 bits per heavy atom. The van der Waals surface area contributed by atoms with Crippen molar-refractivity contribution in [1.29, 1.82) is 0 Å². The van der Waals surface area contributed by atoms with Crippen LogP contribution in [0, 0.1) is 0 Å². The molecule has 1 fully saturated rings. The number of amides is 2. The molecular formula is C24H33N7O2S. The van der Waals surface area contributed by atoms with Crippen LogP contribution in [0.25, 0.3) is 11.2 Å². The fraction of sp³-hybridized carbons (Fsp3) is 0.500. The molecule has 2 atom stereocenters. The molecule has 3 heterocycles. The van der Waals surface area contributed by atoms with Crippen LogP contribution in [0.2, 0.25) is 0 Å².